The average molecular weight is 273 g/mol. The Morgan fingerprint density at radius 1 is 1.39 bits per heavy atom. The van der Waals surface area contributed by atoms with Crippen molar-refractivity contribution in [3.63, 3.8) is 0 Å². The molecule has 0 saturated carbocycles. The summed E-state index contributed by atoms with van der Waals surface area (Å²) in [6.07, 6.45) is 0.0661. The number of ether oxygens (including phenoxy) is 1. The molecular formula is C13H21ClN2O2. The third-order valence-electron chi connectivity index (χ3n) is 2.14. The fraction of sp³-hybridized carbons (Fsp3) is 0.462. The van der Waals surface area contributed by atoms with Crippen LogP contribution in [0.4, 0.5) is 5.69 Å². The monoisotopic (exact) mass is 272 g/mol. The third kappa shape index (κ3) is 6.59. The Bertz CT molecular complexity index is 370. The van der Waals surface area contributed by atoms with Crippen molar-refractivity contribution in [3.8, 4) is 0 Å². The second-order valence-corrected chi connectivity index (χ2v) is 4.14. The molecule has 18 heavy (non-hydrogen) atoms. The van der Waals surface area contributed by atoms with Gasteiger partial charge < -0.3 is 15.4 Å². The molecule has 0 fully saturated rings. The Morgan fingerprint density at radius 3 is 2.72 bits per heavy atom. The molecule has 0 atom stereocenters. The minimum Gasteiger partial charge on any atom is -0.369 e. The number of carbonyl (C=O) groups is 1. The first-order valence-electron chi connectivity index (χ1n) is 5.77. The van der Waals surface area contributed by atoms with Gasteiger partial charge in [0.15, 0.2) is 0 Å². The lowest BCUT2D eigenvalue weighted by molar-refractivity contribution is -0.121. The maximum Gasteiger partial charge on any atom is 0.250 e. The zero-order chi connectivity index (χ0) is 12.7. The van der Waals surface area contributed by atoms with E-state index in [0.717, 1.165) is 17.8 Å². The molecule has 1 amide bonds. The number of hydrogen-bond donors (Lipinski definition) is 2. The van der Waals surface area contributed by atoms with Gasteiger partial charge in [-0.3, -0.25) is 4.79 Å². The zero-order valence-corrected chi connectivity index (χ0v) is 11.8. The molecule has 1 aromatic carbocycles. The fourth-order valence-corrected chi connectivity index (χ4v) is 1.40. The van der Waals surface area contributed by atoms with Gasteiger partial charge in [0.1, 0.15) is 6.61 Å². The maximum atomic E-state index is 11.5. The molecular weight excluding hydrogens is 252 g/mol. The molecule has 5 heteroatoms. The van der Waals surface area contributed by atoms with Crippen LogP contribution in [0.5, 0.6) is 0 Å². The van der Waals surface area contributed by atoms with Crippen LogP contribution in [0, 0.1) is 0 Å². The van der Waals surface area contributed by atoms with Gasteiger partial charge in [-0.2, -0.15) is 0 Å². The van der Waals surface area contributed by atoms with Crippen molar-refractivity contribution in [2.24, 2.45) is 0 Å². The lowest BCUT2D eigenvalue weighted by Gasteiger charge is -2.09. The summed E-state index contributed by atoms with van der Waals surface area (Å²) in [5, 5.41) is 5.87. The molecule has 0 bridgehead atoms. The number of benzene rings is 1. The lowest BCUT2D eigenvalue weighted by atomic mass is 10.2. The van der Waals surface area contributed by atoms with Crippen molar-refractivity contribution in [2.75, 3.05) is 19.0 Å². The predicted molar refractivity (Wildman–Crippen MR) is 76.2 cm³/mol. The summed E-state index contributed by atoms with van der Waals surface area (Å²) in [6, 6.07) is 7.75. The Hall–Kier alpha value is -1.10. The molecule has 2 N–H and O–H groups in total. The van der Waals surface area contributed by atoms with Crippen LogP contribution in [0.1, 0.15) is 19.4 Å². The van der Waals surface area contributed by atoms with Crippen LogP contribution in [-0.2, 0) is 16.1 Å². The standard InChI is InChI=1S/C13H20N2O2.ClH/c1-10(2)17-9-13(16)15-12-6-4-5-11(7-12)8-14-3;/h4-7,10,14H,8-9H2,1-3H3,(H,15,16);1H. The summed E-state index contributed by atoms with van der Waals surface area (Å²) in [7, 11) is 1.89. The Labute approximate surface area is 115 Å². The van der Waals surface area contributed by atoms with Crippen molar-refractivity contribution in [1.82, 2.24) is 5.32 Å². The quantitative estimate of drug-likeness (QED) is 0.835. The van der Waals surface area contributed by atoms with E-state index >= 15 is 0 Å². The fourth-order valence-electron chi connectivity index (χ4n) is 1.40. The van der Waals surface area contributed by atoms with Crippen LogP contribution in [0.15, 0.2) is 24.3 Å². The zero-order valence-electron chi connectivity index (χ0n) is 11.0. The largest absolute Gasteiger partial charge is 0.369 e. The molecule has 0 aliphatic heterocycles. The SMILES string of the molecule is CNCc1cccc(NC(=O)COC(C)C)c1.Cl. The predicted octanol–water partition coefficient (Wildman–Crippen LogP) is 2.19. The van der Waals surface area contributed by atoms with Gasteiger partial charge in [-0.1, -0.05) is 12.1 Å². The van der Waals surface area contributed by atoms with E-state index in [-0.39, 0.29) is 31.0 Å². The van der Waals surface area contributed by atoms with Gasteiger partial charge in [0.2, 0.25) is 5.91 Å². The van der Waals surface area contributed by atoms with E-state index in [9.17, 15) is 4.79 Å². The number of rotatable bonds is 6. The van der Waals surface area contributed by atoms with Crippen molar-refractivity contribution in [3.05, 3.63) is 29.8 Å². The molecule has 0 saturated heterocycles. The Kier molecular flexibility index (Phi) is 8.37. The highest BCUT2D eigenvalue weighted by atomic mass is 35.5. The van der Waals surface area contributed by atoms with Crippen LogP contribution in [0.3, 0.4) is 0 Å². The van der Waals surface area contributed by atoms with E-state index in [4.69, 9.17) is 4.74 Å². The van der Waals surface area contributed by atoms with E-state index in [2.05, 4.69) is 10.6 Å². The Balaban J connectivity index is 0.00000289. The highest BCUT2D eigenvalue weighted by Crippen LogP contribution is 2.10. The molecule has 0 aromatic heterocycles. The van der Waals surface area contributed by atoms with Crippen LogP contribution >= 0.6 is 12.4 Å². The number of amides is 1. The van der Waals surface area contributed by atoms with Gasteiger partial charge >= 0.3 is 0 Å². The number of carbonyl (C=O) groups excluding carboxylic acids is 1. The van der Waals surface area contributed by atoms with E-state index in [1.165, 1.54) is 0 Å². The van der Waals surface area contributed by atoms with Crippen molar-refractivity contribution >= 4 is 24.0 Å². The molecule has 4 nitrogen and oxygen atoms in total. The molecule has 0 aliphatic carbocycles. The minimum atomic E-state index is -0.125. The first kappa shape index (κ1) is 16.9. The number of hydrogen-bond acceptors (Lipinski definition) is 3. The summed E-state index contributed by atoms with van der Waals surface area (Å²) >= 11 is 0. The van der Waals surface area contributed by atoms with Gasteiger partial charge in [0, 0.05) is 12.2 Å². The number of anilines is 1. The first-order chi connectivity index (χ1) is 8.11. The molecule has 1 aromatic rings. The van der Waals surface area contributed by atoms with E-state index in [1.54, 1.807) is 0 Å². The normalized spacial score (nSPS) is 10.0. The minimum absolute atomic E-state index is 0. The molecule has 0 spiro atoms. The van der Waals surface area contributed by atoms with E-state index in [1.807, 2.05) is 45.2 Å². The van der Waals surface area contributed by atoms with Crippen LogP contribution in [0.25, 0.3) is 0 Å². The van der Waals surface area contributed by atoms with Crippen LogP contribution < -0.4 is 10.6 Å². The van der Waals surface area contributed by atoms with E-state index in [0.29, 0.717) is 0 Å². The molecule has 0 radical (unpaired) electrons. The van der Waals surface area contributed by atoms with Crippen LogP contribution in [-0.4, -0.2) is 25.7 Å². The second-order valence-electron chi connectivity index (χ2n) is 4.14. The van der Waals surface area contributed by atoms with Crippen molar-refractivity contribution in [2.45, 2.75) is 26.5 Å². The highest BCUT2D eigenvalue weighted by molar-refractivity contribution is 5.91. The number of halogens is 1. The molecule has 1 rings (SSSR count). The summed E-state index contributed by atoms with van der Waals surface area (Å²) < 4.78 is 5.23. The third-order valence-corrected chi connectivity index (χ3v) is 2.14. The highest BCUT2D eigenvalue weighted by Gasteiger charge is 2.04. The number of nitrogens with one attached hydrogen (secondary N) is 2. The molecule has 0 unspecified atom stereocenters. The molecule has 0 aliphatic rings. The summed E-state index contributed by atoms with van der Waals surface area (Å²) in [4.78, 5) is 11.5. The molecule has 0 heterocycles. The van der Waals surface area contributed by atoms with Gasteiger partial charge in [-0.15, -0.1) is 12.4 Å². The van der Waals surface area contributed by atoms with Gasteiger partial charge in [-0.05, 0) is 38.6 Å². The van der Waals surface area contributed by atoms with Crippen molar-refractivity contribution in [1.29, 1.82) is 0 Å². The summed E-state index contributed by atoms with van der Waals surface area (Å²) in [6.45, 7) is 4.68. The topological polar surface area (TPSA) is 50.4 Å². The average Bonchev–Trinajstić information content (AvgIpc) is 2.27. The second kappa shape index (κ2) is 8.91. The maximum absolute atomic E-state index is 11.5. The van der Waals surface area contributed by atoms with E-state index < -0.39 is 0 Å². The lowest BCUT2D eigenvalue weighted by Crippen LogP contribution is -2.20. The smallest absolute Gasteiger partial charge is 0.250 e. The summed E-state index contributed by atoms with van der Waals surface area (Å²) in [5.74, 6) is -0.125. The summed E-state index contributed by atoms with van der Waals surface area (Å²) in [5.41, 5.74) is 1.94. The van der Waals surface area contributed by atoms with Crippen LogP contribution in [0.2, 0.25) is 0 Å². The molecule has 102 valence electrons. The van der Waals surface area contributed by atoms with Crippen molar-refractivity contribution < 1.29 is 9.53 Å². The van der Waals surface area contributed by atoms with Gasteiger partial charge in [0.25, 0.3) is 0 Å². The Morgan fingerprint density at radius 2 is 2.11 bits per heavy atom. The first-order valence-corrected chi connectivity index (χ1v) is 5.77. The van der Waals surface area contributed by atoms with Gasteiger partial charge in [0.05, 0.1) is 6.10 Å². The van der Waals surface area contributed by atoms with Gasteiger partial charge in [-0.25, -0.2) is 0 Å².